The minimum absolute atomic E-state index is 0.383. The molecule has 0 aliphatic carbocycles. The maximum atomic E-state index is 5.36. The molecule has 0 aliphatic heterocycles. The normalized spacial score (nSPS) is 12.8. The van der Waals surface area contributed by atoms with Crippen LogP contribution in [0, 0.1) is 6.92 Å². The highest BCUT2D eigenvalue weighted by atomic mass is 79.9. The molecular formula is C13H20BrNO. The molecule has 1 rings (SSSR count). The summed E-state index contributed by atoms with van der Waals surface area (Å²) in [5, 5.41) is 3.44. The van der Waals surface area contributed by atoms with Gasteiger partial charge in [-0.2, -0.15) is 0 Å². The van der Waals surface area contributed by atoms with Gasteiger partial charge in [-0.15, -0.1) is 0 Å². The molecule has 2 nitrogen and oxygen atoms in total. The second-order valence-corrected chi connectivity index (χ2v) is 4.89. The SMILES string of the molecule is CCOCC(C)NCc1ccc(C)cc1Br. The maximum absolute atomic E-state index is 5.36. The number of halogens is 1. The molecule has 1 aromatic carbocycles. The Morgan fingerprint density at radius 3 is 2.81 bits per heavy atom. The molecule has 0 amide bonds. The van der Waals surface area contributed by atoms with Crippen molar-refractivity contribution < 1.29 is 4.74 Å². The molecule has 0 spiro atoms. The van der Waals surface area contributed by atoms with Crippen LogP contribution in [0.1, 0.15) is 25.0 Å². The molecule has 90 valence electrons. The minimum Gasteiger partial charge on any atom is -0.380 e. The molecule has 1 unspecified atom stereocenters. The number of nitrogens with one attached hydrogen (secondary N) is 1. The summed E-state index contributed by atoms with van der Waals surface area (Å²) < 4.78 is 6.53. The topological polar surface area (TPSA) is 21.3 Å². The van der Waals surface area contributed by atoms with E-state index in [9.17, 15) is 0 Å². The third-order valence-corrected chi connectivity index (χ3v) is 3.16. The van der Waals surface area contributed by atoms with Crippen LogP contribution >= 0.6 is 15.9 Å². The van der Waals surface area contributed by atoms with E-state index in [0.29, 0.717) is 6.04 Å². The van der Waals surface area contributed by atoms with Gasteiger partial charge >= 0.3 is 0 Å². The lowest BCUT2D eigenvalue weighted by molar-refractivity contribution is 0.127. The van der Waals surface area contributed by atoms with Crippen molar-refractivity contribution in [2.24, 2.45) is 0 Å². The third kappa shape index (κ3) is 4.64. The Balaban J connectivity index is 2.42. The van der Waals surface area contributed by atoms with Gasteiger partial charge in [0.1, 0.15) is 0 Å². The number of rotatable bonds is 6. The van der Waals surface area contributed by atoms with E-state index in [1.165, 1.54) is 15.6 Å². The highest BCUT2D eigenvalue weighted by Gasteiger charge is 2.03. The lowest BCUT2D eigenvalue weighted by atomic mass is 10.1. The van der Waals surface area contributed by atoms with Crippen LogP contribution in [0.5, 0.6) is 0 Å². The molecule has 0 saturated heterocycles. The van der Waals surface area contributed by atoms with Crippen molar-refractivity contribution in [3.05, 3.63) is 33.8 Å². The Bertz CT molecular complexity index is 328. The highest BCUT2D eigenvalue weighted by molar-refractivity contribution is 9.10. The number of ether oxygens (including phenoxy) is 1. The van der Waals surface area contributed by atoms with Gasteiger partial charge in [0.2, 0.25) is 0 Å². The smallest absolute Gasteiger partial charge is 0.0616 e. The predicted octanol–water partition coefficient (Wildman–Crippen LogP) is 3.27. The summed E-state index contributed by atoms with van der Waals surface area (Å²) in [7, 11) is 0. The molecule has 0 aromatic heterocycles. The minimum atomic E-state index is 0.383. The van der Waals surface area contributed by atoms with Gasteiger partial charge in [0.15, 0.2) is 0 Å². The fraction of sp³-hybridized carbons (Fsp3) is 0.538. The first-order valence-electron chi connectivity index (χ1n) is 5.69. The lowest BCUT2D eigenvalue weighted by Gasteiger charge is -2.14. The van der Waals surface area contributed by atoms with Gasteiger partial charge in [-0.05, 0) is 38.0 Å². The van der Waals surface area contributed by atoms with Gasteiger partial charge in [-0.3, -0.25) is 0 Å². The van der Waals surface area contributed by atoms with Gasteiger partial charge in [-0.25, -0.2) is 0 Å². The second-order valence-electron chi connectivity index (χ2n) is 4.04. The molecule has 3 heteroatoms. The van der Waals surface area contributed by atoms with Gasteiger partial charge in [-0.1, -0.05) is 28.1 Å². The third-order valence-electron chi connectivity index (χ3n) is 2.42. The number of benzene rings is 1. The van der Waals surface area contributed by atoms with Crippen molar-refractivity contribution in [3.8, 4) is 0 Å². The quantitative estimate of drug-likeness (QED) is 0.866. The molecule has 0 bridgehead atoms. The van der Waals surface area contributed by atoms with E-state index in [2.05, 4.69) is 53.3 Å². The summed E-state index contributed by atoms with van der Waals surface area (Å²) in [5.41, 5.74) is 2.56. The zero-order valence-electron chi connectivity index (χ0n) is 10.2. The summed E-state index contributed by atoms with van der Waals surface area (Å²) in [4.78, 5) is 0. The van der Waals surface area contributed by atoms with Gasteiger partial charge < -0.3 is 10.1 Å². The summed E-state index contributed by atoms with van der Waals surface area (Å²) >= 11 is 3.58. The van der Waals surface area contributed by atoms with Gasteiger partial charge in [0.25, 0.3) is 0 Å². The van der Waals surface area contributed by atoms with E-state index in [-0.39, 0.29) is 0 Å². The van der Waals surface area contributed by atoms with Crippen LogP contribution in [-0.4, -0.2) is 19.3 Å². The van der Waals surface area contributed by atoms with Crippen LogP contribution < -0.4 is 5.32 Å². The first kappa shape index (κ1) is 13.7. The molecule has 1 aromatic rings. The largest absolute Gasteiger partial charge is 0.380 e. The Kier molecular flexibility index (Phi) is 6.03. The fourth-order valence-electron chi connectivity index (χ4n) is 1.43. The van der Waals surface area contributed by atoms with Crippen LogP contribution in [0.15, 0.2) is 22.7 Å². The standard InChI is InChI=1S/C13H20BrNO/c1-4-16-9-11(3)15-8-12-6-5-10(2)7-13(12)14/h5-7,11,15H,4,8-9H2,1-3H3. The molecule has 16 heavy (non-hydrogen) atoms. The molecular weight excluding hydrogens is 266 g/mol. The molecule has 0 saturated carbocycles. The molecule has 0 radical (unpaired) electrons. The highest BCUT2D eigenvalue weighted by Crippen LogP contribution is 2.18. The monoisotopic (exact) mass is 285 g/mol. The van der Waals surface area contributed by atoms with Crippen LogP contribution in [0.4, 0.5) is 0 Å². The van der Waals surface area contributed by atoms with Gasteiger partial charge in [0.05, 0.1) is 6.61 Å². The maximum Gasteiger partial charge on any atom is 0.0616 e. The first-order valence-corrected chi connectivity index (χ1v) is 6.49. The summed E-state index contributed by atoms with van der Waals surface area (Å²) in [6.07, 6.45) is 0. The van der Waals surface area contributed by atoms with Crippen LogP contribution in [-0.2, 0) is 11.3 Å². The van der Waals surface area contributed by atoms with E-state index >= 15 is 0 Å². The Morgan fingerprint density at radius 1 is 1.44 bits per heavy atom. The molecule has 1 N–H and O–H groups in total. The lowest BCUT2D eigenvalue weighted by Crippen LogP contribution is -2.30. The summed E-state index contributed by atoms with van der Waals surface area (Å²) in [6, 6.07) is 6.81. The zero-order valence-corrected chi connectivity index (χ0v) is 11.8. The molecule has 0 heterocycles. The molecule has 0 aliphatic rings. The van der Waals surface area contributed by atoms with Crippen molar-refractivity contribution in [1.82, 2.24) is 5.32 Å². The Hall–Kier alpha value is -0.380. The van der Waals surface area contributed by atoms with Crippen molar-refractivity contribution in [3.63, 3.8) is 0 Å². The number of aryl methyl sites for hydroxylation is 1. The summed E-state index contributed by atoms with van der Waals surface area (Å²) in [5.74, 6) is 0. The van der Waals surface area contributed by atoms with Crippen LogP contribution in [0.2, 0.25) is 0 Å². The Labute approximate surface area is 107 Å². The summed E-state index contributed by atoms with van der Waals surface area (Å²) in [6.45, 7) is 8.66. The van der Waals surface area contributed by atoms with Crippen molar-refractivity contribution >= 4 is 15.9 Å². The van der Waals surface area contributed by atoms with Crippen molar-refractivity contribution in [1.29, 1.82) is 0 Å². The second kappa shape index (κ2) is 7.05. The average Bonchev–Trinajstić information content (AvgIpc) is 2.25. The van der Waals surface area contributed by atoms with Crippen LogP contribution in [0.25, 0.3) is 0 Å². The fourth-order valence-corrected chi connectivity index (χ4v) is 2.07. The van der Waals surface area contributed by atoms with E-state index in [0.717, 1.165) is 19.8 Å². The van der Waals surface area contributed by atoms with E-state index in [1.807, 2.05) is 6.92 Å². The average molecular weight is 286 g/mol. The zero-order chi connectivity index (χ0) is 12.0. The molecule has 1 atom stereocenters. The number of hydrogen-bond donors (Lipinski definition) is 1. The first-order chi connectivity index (χ1) is 7.63. The van der Waals surface area contributed by atoms with Crippen molar-refractivity contribution in [2.75, 3.05) is 13.2 Å². The Morgan fingerprint density at radius 2 is 2.19 bits per heavy atom. The van der Waals surface area contributed by atoms with E-state index < -0.39 is 0 Å². The van der Waals surface area contributed by atoms with Crippen LogP contribution in [0.3, 0.4) is 0 Å². The van der Waals surface area contributed by atoms with E-state index in [4.69, 9.17) is 4.74 Å². The molecule has 0 fully saturated rings. The van der Waals surface area contributed by atoms with Crippen molar-refractivity contribution in [2.45, 2.75) is 33.4 Å². The predicted molar refractivity (Wildman–Crippen MR) is 71.7 cm³/mol. The number of hydrogen-bond acceptors (Lipinski definition) is 2. The van der Waals surface area contributed by atoms with Gasteiger partial charge in [0, 0.05) is 23.7 Å². The van der Waals surface area contributed by atoms with E-state index in [1.54, 1.807) is 0 Å².